The first kappa shape index (κ1) is 10.1. The van der Waals surface area contributed by atoms with Crippen LogP contribution >= 0.6 is 0 Å². The molecule has 0 aromatic heterocycles. The van der Waals surface area contributed by atoms with Gasteiger partial charge in [-0.2, -0.15) is 0 Å². The summed E-state index contributed by atoms with van der Waals surface area (Å²) in [6.07, 6.45) is -0.788. The molecular weight excluding hydrogens is 203 g/mol. The van der Waals surface area contributed by atoms with Crippen molar-refractivity contribution in [2.45, 2.75) is 6.29 Å². The van der Waals surface area contributed by atoms with Crippen LogP contribution in [0.1, 0.15) is 22.2 Å². The van der Waals surface area contributed by atoms with Gasteiger partial charge in [0.15, 0.2) is 6.29 Å². The lowest BCUT2D eigenvalue weighted by atomic mass is 10.1. The van der Waals surface area contributed by atoms with Crippen molar-refractivity contribution in [2.75, 3.05) is 13.2 Å². The molecule has 1 N–H and O–H groups in total. The summed E-state index contributed by atoms with van der Waals surface area (Å²) in [6, 6.07) is 4.13. The van der Waals surface area contributed by atoms with Crippen molar-refractivity contribution >= 4 is 5.97 Å². The molecule has 1 aliphatic heterocycles. The van der Waals surface area contributed by atoms with Crippen LogP contribution in [0.5, 0.6) is 0 Å². The van der Waals surface area contributed by atoms with Crippen molar-refractivity contribution in [3.63, 3.8) is 0 Å². The fraction of sp³-hybridized carbons (Fsp3) is 0.300. The Morgan fingerprint density at radius 2 is 2.07 bits per heavy atom. The highest BCUT2D eigenvalue weighted by atomic mass is 19.1. The van der Waals surface area contributed by atoms with Gasteiger partial charge in [-0.3, -0.25) is 0 Å². The van der Waals surface area contributed by atoms with Crippen molar-refractivity contribution in [3.05, 3.63) is 35.1 Å². The second-order valence-electron chi connectivity index (χ2n) is 3.09. The Morgan fingerprint density at radius 1 is 1.40 bits per heavy atom. The Labute approximate surface area is 85.2 Å². The maximum absolute atomic E-state index is 13.6. The fourth-order valence-electron chi connectivity index (χ4n) is 1.44. The number of ether oxygens (including phenoxy) is 2. The molecule has 15 heavy (non-hydrogen) atoms. The monoisotopic (exact) mass is 212 g/mol. The molecule has 0 unspecified atom stereocenters. The van der Waals surface area contributed by atoms with Gasteiger partial charge in [0.25, 0.3) is 0 Å². The lowest BCUT2D eigenvalue weighted by molar-refractivity contribution is -0.0465. The molecule has 1 heterocycles. The smallest absolute Gasteiger partial charge is 0.338 e. The molecule has 0 bridgehead atoms. The van der Waals surface area contributed by atoms with E-state index in [2.05, 4.69) is 0 Å². The standard InChI is InChI=1S/C10H9FO4/c11-8-6(9(12)13)2-1-3-7(8)10-14-4-5-15-10/h1-3,10H,4-5H2,(H,12,13). The van der Waals surface area contributed by atoms with E-state index in [1.807, 2.05) is 0 Å². The van der Waals surface area contributed by atoms with Gasteiger partial charge in [-0.05, 0) is 6.07 Å². The van der Waals surface area contributed by atoms with E-state index in [9.17, 15) is 9.18 Å². The molecule has 80 valence electrons. The second-order valence-corrected chi connectivity index (χ2v) is 3.09. The zero-order valence-corrected chi connectivity index (χ0v) is 7.77. The molecule has 0 atom stereocenters. The van der Waals surface area contributed by atoms with Gasteiger partial charge in [-0.15, -0.1) is 0 Å². The summed E-state index contributed by atoms with van der Waals surface area (Å²) in [5.41, 5.74) is -0.237. The zero-order valence-electron chi connectivity index (χ0n) is 7.77. The van der Waals surface area contributed by atoms with E-state index < -0.39 is 18.1 Å². The molecule has 5 heteroatoms. The number of carboxylic acid groups (broad SMARTS) is 1. The molecule has 1 fully saturated rings. The Morgan fingerprint density at radius 3 is 2.67 bits per heavy atom. The molecular formula is C10H9FO4. The van der Waals surface area contributed by atoms with Crippen molar-refractivity contribution in [3.8, 4) is 0 Å². The lowest BCUT2D eigenvalue weighted by Crippen LogP contribution is -2.07. The third-order valence-corrected chi connectivity index (χ3v) is 2.13. The Bertz CT molecular complexity index is 385. The topological polar surface area (TPSA) is 55.8 Å². The molecule has 0 radical (unpaired) electrons. The Balaban J connectivity index is 2.39. The van der Waals surface area contributed by atoms with Crippen LogP contribution in [0.4, 0.5) is 4.39 Å². The first-order valence-electron chi connectivity index (χ1n) is 4.45. The summed E-state index contributed by atoms with van der Waals surface area (Å²) in [4.78, 5) is 10.7. The zero-order chi connectivity index (χ0) is 10.8. The van der Waals surface area contributed by atoms with E-state index in [0.717, 1.165) is 0 Å². The highest BCUT2D eigenvalue weighted by Crippen LogP contribution is 2.27. The number of halogens is 1. The van der Waals surface area contributed by atoms with E-state index in [1.54, 1.807) is 0 Å². The van der Waals surface area contributed by atoms with Crippen LogP contribution in [-0.2, 0) is 9.47 Å². The highest BCUT2D eigenvalue weighted by Gasteiger charge is 2.24. The highest BCUT2D eigenvalue weighted by molar-refractivity contribution is 5.88. The normalized spacial score (nSPS) is 16.9. The molecule has 1 aliphatic rings. The average Bonchev–Trinajstić information content (AvgIpc) is 2.70. The Hall–Kier alpha value is -1.46. The first-order valence-corrected chi connectivity index (χ1v) is 4.45. The lowest BCUT2D eigenvalue weighted by Gasteiger charge is -2.11. The van der Waals surface area contributed by atoms with E-state index in [1.165, 1.54) is 18.2 Å². The number of carboxylic acids is 1. The summed E-state index contributed by atoms with van der Waals surface area (Å²) < 4.78 is 23.8. The number of benzene rings is 1. The second kappa shape index (κ2) is 3.96. The summed E-state index contributed by atoms with van der Waals surface area (Å²) >= 11 is 0. The molecule has 4 nitrogen and oxygen atoms in total. The summed E-state index contributed by atoms with van der Waals surface area (Å²) in [6.45, 7) is 0.781. The van der Waals surface area contributed by atoms with Crippen LogP contribution in [0.2, 0.25) is 0 Å². The van der Waals surface area contributed by atoms with Gasteiger partial charge < -0.3 is 14.6 Å². The van der Waals surface area contributed by atoms with E-state index in [4.69, 9.17) is 14.6 Å². The van der Waals surface area contributed by atoms with E-state index in [0.29, 0.717) is 13.2 Å². The first-order chi connectivity index (χ1) is 7.20. The largest absolute Gasteiger partial charge is 0.478 e. The molecule has 1 aromatic rings. The SMILES string of the molecule is O=C(O)c1cccc(C2OCCO2)c1F. The van der Waals surface area contributed by atoms with Crippen LogP contribution in [0.25, 0.3) is 0 Å². The van der Waals surface area contributed by atoms with Crippen LogP contribution < -0.4 is 0 Å². The minimum Gasteiger partial charge on any atom is -0.478 e. The number of rotatable bonds is 2. The number of aromatic carboxylic acids is 1. The maximum Gasteiger partial charge on any atom is 0.338 e. The van der Waals surface area contributed by atoms with Gasteiger partial charge >= 0.3 is 5.97 Å². The van der Waals surface area contributed by atoms with Gasteiger partial charge in [0.05, 0.1) is 18.8 Å². The van der Waals surface area contributed by atoms with Crippen molar-refractivity contribution in [1.82, 2.24) is 0 Å². The fourth-order valence-corrected chi connectivity index (χ4v) is 1.44. The summed E-state index contributed by atoms with van der Waals surface area (Å²) in [5.74, 6) is -2.09. The summed E-state index contributed by atoms with van der Waals surface area (Å²) in [5, 5.41) is 8.71. The minimum atomic E-state index is -1.30. The van der Waals surface area contributed by atoms with Crippen LogP contribution in [0.15, 0.2) is 18.2 Å². The molecule has 1 saturated heterocycles. The third kappa shape index (κ3) is 1.84. The van der Waals surface area contributed by atoms with Crippen LogP contribution in [0.3, 0.4) is 0 Å². The predicted molar refractivity (Wildman–Crippen MR) is 48.0 cm³/mol. The van der Waals surface area contributed by atoms with Crippen molar-refractivity contribution in [2.24, 2.45) is 0 Å². The van der Waals surface area contributed by atoms with Gasteiger partial charge in [-0.25, -0.2) is 9.18 Å². The molecule has 0 amide bonds. The van der Waals surface area contributed by atoms with Gasteiger partial charge in [0.2, 0.25) is 0 Å². The van der Waals surface area contributed by atoms with E-state index in [-0.39, 0.29) is 11.1 Å². The van der Waals surface area contributed by atoms with Gasteiger partial charge in [0, 0.05) is 5.56 Å². The number of carbonyl (C=O) groups is 1. The number of hydrogen-bond donors (Lipinski definition) is 1. The minimum absolute atomic E-state index is 0.132. The molecule has 0 saturated carbocycles. The summed E-state index contributed by atoms with van der Waals surface area (Å²) in [7, 11) is 0. The average molecular weight is 212 g/mol. The maximum atomic E-state index is 13.6. The Kier molecular flexibility index (Phi) is 2.66. The number of hydrogen-bond acceptors (Lipinski definition) is 3. The van der Waals surface area contributed by atoms with Crippen molar-refractivity contribution < 1.29 is 23.8 Å². The van der Waals surface area contributed by atoms with Crippen molar-refractivity contribution in [1.29, 1.82) is 0 Å². The van der Waals surface area contributed by atoms with E-state index >= 15 is 0 Å². The van der Waals surface area contributed by atoms with Gasteiger partial charge in [-0.1, -0.05) is 12.1 Å². The molecule has 1 aromatic carbocycles. The molecule has 0 aliphatic carbocycles. The predicted octanol–water partition coefficient (Wildman–Crippen LogP) is 1.57. The van der Waals surface area contributed by atoms with Crippen LogP contribution in [0, 0.1) is 5.82 Å². The van der Waals surface area contributed by atoms with Crippen LogP contribution in [-0.4, -0.2) is 24.3 Å². The quantitative estimate of drug-likeness (QED) is 0.808. The molecule has 0 spiro atoms. The van der Waals surface area contributed by atoms with Gasteiger partial charge in [0.1, 0.15) is 5.82 Å². The molecule has 2 rings (SSSR count). The third-order valence-electron chi connectivity index (χ3n) is 2.13.